The second-order valence-corrected chi connectivity index (χ2v) is 4.81. The van der Waals surface area contributed by atoms with Crippen LogP contribution in [0.2, 0.25) is 0 Å². The van der Waals surface area contributed by atoms with Gasteiger partial charge in [-0.25, -0.2) is 0 Å². The number of aromatic hydroxyl groups is 1. The Bertz CT molecular complexity index is 315. The quantitative estimate of drug-likeness (QED) is 0.692. The largest absolute Gasteiger partial charge is 0.508 e. The molecule has 0 spiro atoms. The minimum atomic E-state index is 0.475. The normalized spacial score (nSPS) is 11.0. The van der Waals surface area contributed by atoms with Crippen molar-refractivity contribution >= 4 is 0 Å². The van der Waals surface area contributed by atoms with E-state index in [0.717, 1.165) is 12.0 Å². The molecule has 0 radical (unpaired) electrons. The zero-order chi connectivity index (χ0) is 12.0. The summed E-state index contributed by atoms with van der Waals surface area (Å²) >= 11 is 0. The maximum atomic E-state index is 9.90. The van der Waals surface area contributed by atoms with Crippen molar-refractivity contribution < 1.29 is 5.11 Å². The summed E-state index contributed by atoms with van der Waals surface area (Å²) in [5, 5.41) is 9.90. The van der Waals surface area contributed by atoms with Crippen LogP contribution in [0, 0.1) is 0 Å². The van der Waals surface area contributed by atoms with Gasteiger partial charge in [-0.3, -0.25) is 0 Å². The van der Waals surface area contributed by atoms with Gasteiger partial charge >= 0.3 is 0 Å². The first kappa shape index (κ1) is 13.1. The summed E-state index contributed by atoms with van der Waals surface area (Å²) in [5.41, 5.74) is 2.46. The fourth-order valence-electron chi connectivity index (χ4n) is 2.13. The summed E-state index contributed by atoms with van der Waals surface area (Å²) in [4.78, 5) is 0. The van der Waals surface area contributed by atoms with Crippen molar-refractivity contribution in [3.8, 4) is 5.75 Å². The van der Waals surface area contributed by atoms with Gasteiger partial charge in [-0.2, -0.15) is 0 Å². The molecule has 1 heteroatoms. The highest BCUT2D eigenvalue weighted by Gasteiger charge is 2.09. The predicted molar refractivity (Wildman–Crippen MR) is 70.0 cm³/mol. The van der Waals surface area contributed by atoms with Crippen LogP contribution in [0.4, 0.5) is 0 Å². The lowest BCUT2D eigenvalue weighted by molar-refractivity contribution is 0.464. The molecular formula is C15H24O. The summed E-state index contributed by atoms with van der Waals surface area (Å²) in [7, 11) is 0. The summed E-state index contributed by atoms with van der Waals surface area (Å²) in [6.45, 7) is 6.59. The standard InChI is InChI=1S/C15H24O/c1-4-5-6-7-9-14-13(12(2)3)10-8-11-15(14)16/h8,10-12,16H,4-7,9H2,1-3H3. The lowest BCUT2D eigenvalue weighted by atomic mass is 9.93. The van der Waals surface area contributed by atoms with E-state index in [1.807, 2.05) is 6.07 Å². The van der Waals surface area contributed by atoms with Gasteiger partial charge in [0.05, 0.1) is 0 Å². The smallest absolute Gasteiger partial charge is 0.119 e. The number of phenolic OH excluding ortho intramolecular Hbond substituents is 1. The van der Waals surface area contributed by atoms with E-state index in [0.29, 0.717) is 11.7 Å². The lowest BCUT2D eigenvalue weighted by Crippen LogP contribution is -1.97. The van der Waals surface area contributed by atoms with Crippen LogP contribution >= 0.6 is 0 Å². The van der Waals surface area contributed by atoms with Crippen LogP contribution in [0.1, 0.15) is 63.5 Å². The Morgan fingerprint density at radius 1 is 1.12 bits per heavy atom. The van der Waals surface area contributed by atoms with E-state index in [1.54, 1.807) is 6.07 Å². The van der Waals surface area contributed by atoms with Crippen molar-refractivity contribution in [2.45, 2.75) is 58.8 Å². The van der Waals surface area contributed by atoms with E-state index >= 15 is 0 Å². The summed E-state index contributed by atoms with van der Waals surface area (Å²) in [6, 6.07) is 5.89. The topological polar surface area (TPSA) is 20.2 Å². The van der Waals surface area contributed by atoms with E-state index in [-0.39, 0.29) is 0 Å². The molecule has 0 aromatic heterocycles. The maximum absolute atomic E-state index is 9.90. The second-order valence-electron chi connectivity index (χ2n) is 4.81. The fourth-order valence-corrected chi connectivity index (χ4v) is 2.13. The Labute approximate surface area is 99.5 Å². The van der Waals surface area contributed by atoms with E-state index in [4.69, 9.17) is 0 Å². The van der Waals surface area contributed by atoms with Gasteiger partial charge in [0.1, 0.15) is 5.75 Å². The highest BCUT2D eigenvalue weighted by Crippen LogP contribution is 2.28. The molecule has 1 aromatic rings. The number of phenols is 1. The van der Waals surface area contributed by atoms with Gasteiger partial charge in [0.15, 0.2) is 0 Å². The Balaban J connectivity index is 2.69. The van der Waals surface area contributed by atoms with Gasteiger partial charge in [0.2, 0.25) is 0 Å². The van der Waals surface area contributed by atoms with Gasteiger partial charge in [0.25, 0.3) is 0 Å². The molecule has 0 aliphatic heterocycles. The third-order valence-corrected chi connectivity index (χ3v) is 3.09. The molecule has 0 aliphatic carbocycles. The average Bonchev–Trinajstić information content (AvgIpc) is 2.25. The highest BCUT2D eigenvalue weighted by molar-refractivity contribution is 5.40. The second kappa shape index (κ2) is 6.57. The third kappa shape index (κ3) is 3.55. The molecule has 1 rings (SSSR count). The Kier molecular flexibility index (Phi) is 5.37. The molecule has 16 heavy (non-hydrogen) atoms. The molecule has 0 bridgehead atoms. The first-order valence-corrected chi connectivity index (χ1v) is 6.47. The molecule has 0 unspecified atom stereocenters. The number of rotatable bonds is 6. The van der Waals surface area contributed by atoms with E-state index in [9.17, 15) is 5.11 Å². The zero-order valence-electron chi connectivity index (χ0n) is 10.8. The predicted octanol–water partition coefficient (Wildman–Crippen LogP) is 4.64. The molecule has 1 aromatic carbocycles. The molecule has 0 saturated heterocycles. The summed E-state index contributed by atoms with van der Waals surface area (Å²) < 4.78 is 0. The Hall–Kier alpha value is -0.980. The van der Waals surface area contributed by atoms with E-state index in [1.165, 1.54) is 31.2 Å². The average molecular weight is 220 g/mol. The number of hydrogen-bond acceptors (Lipinski definition) is 1. The van der Waals surface area contributed by atoms with Crippen LogP contribution in [0.3, 0.4) is 0 Å². The van der Waals surface area contributed by atoms with Crippen LogP contribution in [0.25, 0.3) is 0 Å². The summed E-state index contributed by atoms with van der Waals surface area (Å²) in [5.74, 6) is 0.968. The molecule has 1 nitrogen and oxygen atoms in total. The fraction of sp³-hybridized carbons (Fsp3) is 0.600. The number of hydrogen-bond donors (Lipinski definition) is 1. The first-order valence-electron chi connectivity index (χ1n) is 6.47. The van der Waals surface area contributed by atoms with Gasteiger partial charge < -0.3 is 5.11 Å². The van der Waals surface area contributed by atoms with Gasteiger partial charge in [-0.15, -0.1) is 0 Å². The van der Waals surface area contributed by atoms with Gasteiger partial charge in [-0.1, -0.05) is 52.2 Å². The monoisotopic (exact) mass is 220 g/mol. The van der Waals surface area contributed by atoms with Crippen molar-refractivity contribution in [3.05, 3.63) is 29.3 Å². The molecule has 90 valence electrons. The molecule has 1 N–H and O–H groups in total. The van der Waals surface area contributed by atoms with E-state index < -0.39 is 0 Å². The van der Waals surface area contributed by atoms with E-state index in [2.05, 4.69) is 26.8 Å². The van der Waals surface area contributed by atoms with Crippen LogP contribution in [0.5, 0.6) is 5.75 Å². The molecule has 0 heterocycles. The van der Waals surface area contributed by atoms with Gasteiger partial charge in [0, 0.05) is 0 Å². The lowest BCUT2D eigenvalue weighted by Gasteiger charge is -2.14. The van der Waals surface area contributed by atoms with Gasteiger partial charge in [-0.05, 0) is 36.0 Å². The molecule has 0 amide bonds. The number of unbranched alkanes of at least 4 members (excludes halogenated alkanes) is 3. The molecule has 0 saturated carbocycles. The minimum Gasteiger partial charge on any atom is -0.508 e. The molecular weight excluding hydrogens is 196 g/mol. The van der Waals surface area contributed by atoms with Crippen molar-refractivity contribution in [3.63, 3.8) is 0 Å². The summed E-state index contributed by atoms with van der Waals surface area (Å²) in [6.07, 6.45) is 6.02. The highest BCUT2D eigenvalue weighted by atomic mass is 16.3. The van der Waals surface area contributed by atoms with Crippen molar-refractivity contribution in [1.82, 2.24) is 0 Å². The molecule has 0 fully saturated rings. The zero-order valence-corrected chi connectivity index (χ0v) is 10.8. The SMILES string of the molecule is CCCCCCc1c(O)cccc1C(C)C. The van der Waals surface area contributed by atoms with Crippen LogP contribution < -0.4 is 0 Å². The molecule has 0 atom stereocenters. The Morgan fingerprint density at radius 2 is 1.88 bits per heavy atom. The third-order valence-electron chi connectivity index (χ3n) is 3.09. The van der Waals surface area contributed by atoms with Crippen LogP contribution in [-0.2, 0) is 6.42 Å². The van der Waals surface area contributed by atoms with Crippen LogP contribution in [0.15, 0.2) is 18.2 Å². The van der Waals surface area contributed by atoms with Crippen molar-refractivity contribution in [2.75, 3.05) is 0 Å². The first-order chi connectivity index (χ1) is 7.66. The molecule has 0 aliphatic rings. The maximum Gasteiger partial charge on any atom is 0.119 e. The number of benzene rings is 1. The van der Waals surface area contributed by atoms with Crippen molar-refractivity contribution in [2.24, 2.45) is 0 Å². The minimum absolute atomic E-state index is 0.475. The Morgan fingerprint density at radius 3 is 2.50 bits per heavy atom. The van der Waals surface area contributed by atoms with Crippen molar-refractivity contribution in [1.29, 1.82) is 0 Å². The van der Waals surface area contributed by atoms with Crippen LogP contribution in [-0.4, -0.2) is 5.11 Å².